The summed E-state index contributed by atoms with van der Waals surface area (Å²) in [6.45, 7) is -0.213. The Bertz CT molecular complexity index is 896. The van der Waals surface area contributed by atoms with Gasteiger partial charge in [-0.2, -0.15) is 5.26 Å². The summed E-state index contributed by atoms with van der Waals surface area (Å²) >= 11 is 0. The van der Waals surface area contributed by atoms with Crippen LogP contribution in [0.25, 0.3) is 11.1 Å². The molecule has 4 nitrogen and oxygen atoms in total. The SMILES string of the molecule is N#Cc1ccc(OCC(=O)Oc2ccccc2-c2ccccc2)cc1. The molecule has 0 aromatic heterocycles. The molecule has 3 aromatic carbocycles. The van der Waals surface area contributed by atoms with E-state index >= 15 is 0 Å². The summed E-state index contributed by atoms with van der Waals surface area (Å²) in [5, 5.41) is 8.77. The van der Waals surface area contributed by atoms with Gasteiger partial charge in [0.25, 0.3) is 0 Å². The van der Waals surface area contributed by atoms with E-state index in [1.165, 1.54) is 0 Å². The van der Waals surface area contributed by atoms with Crippen molar-refractivity contribution in [3.8, 4) is 28.7 Å². The Morgan fingerprint density at radius 2 is 1.56 bits per heavy atom. The van der Waals surface area contributed by atoms with E-state index in [1.807, 2.05) is 54.6 Å². The van der Waals surface area contributed by atoms with Gasteiger partial charge < -0.3 is 9.47 Å². The second-order valence-electron chi connectivity index (χ2n) is 5.26. The molecule has 0 aliphatic rings. The Morgan fingerprint density at radius 3 is 2.28 bits per heavy atom. The number of hydrogen-bond donors (Lipinski definition) is 0. The predicted molar refractivity (Wildman–Crippen MR) is 94.2 cm³/mol. The summed E-state index contributed by atoms with van der Waals surface area (Å²) in [6.07, 6.45) is 0. The molecule has 0 aliphatic carbocycles. The van der Waals surface area contributed by atoms with Crippen molar-refractivity contribution < 1.29 is 14.3 Å². The monoisotopic (exact) mass is 329 g/mol. The van der Waals surface area contributed by atoms with Crippen LogP contribution < -0.4 is 9.47 Å². The zero-order chi connectivity index (χ0) is 17.5. The van der Waals surface area contributed by atoms with Crippen molar-refractivity contribution in [3.05, 3.63) is 84.4 Å². The second kappa shape index (κ2) is 7.80. The van der Waals surface area contributed by atoms with Gasteiger partial charge in [0.15, 0.2) is 6.61 Å². The van der Waals surface area contributed by atoms with Crippen molar-refractivity contribution in [2.75, 3.05) is 6.61 Å². The highest BCUT2D eigenvalue weighted by molar-refractivity contribution is 5.78. The molecule has 0 radical (unpaired) electrons. The number of hydrogen-bond acceptors (Lipinski definition) is 4. The van der Waals surface area contributed by atoms with E-state index in [1.54, 1.807) is 30.3 Å². The molecule has 0 heterocycles. The van der Waals surface area contributed by atoms with E-state index < -0.39 is 5.97 Å². The maximum Gasteiger partial charge on any atom is 0.349 e. The van der Waals surface area contributed by atoms with Crippen LogP contribution in [0.4, 0.5) is 0 Å². The van der Waals surface area contributed by atoms with Crippen molar-refractivity contribution in [2.24, 2.45) is 0 Å². The number of nitrogens with zero attached hydrogens (tertiary/aromatic N) is 1. The molecule has 0 spiro atoms. The Balaban J connectivity index is 1.66. The van der Waals surface area contributed by atoms with Gasteiger partial charge in [0.05, 0.1) is 11.6 Å². The highest BCUT2D eigenvalue weighted by Crippen LogP contribution is 2.29. The molecular formula is C21H15NO3. The quantitative estimate of drug-likeness (QED) is 0.520. The zero-order valence-corrected chi connectivity index (χ0v) is 13.4. The Hall–Kier alpha value is -3.58. The maximum atomic E-state index is 12.1. The lowest BCUT2D eigenvalue weighted by atomic mass is 10.1. The number of benzene rings is 3. The van der Waals surface area contributed by atoms with Gasteiger partial charge in [-0.05, 0) is 35.9 Å². The minimum atomic E-state index is -0.493. The third-order valence-electron chi connectivity index (χ3n) is 3.54. The molecule has 0 amide bonds. The summed E-state index contributed by atoms with van der Waals surface area (Å²) in [5.41, 5.74) is 2.35. The Labute approximate surface area is 145 Å². The van der Waals surface area contributed by atoms with Gasteiger partial charge in [-0.3, -0.25) is 0 Å². The highest BCUT2D eigenvalue weighted by atomic mass is 16.6. The highest BCUT2D eigenvalue weighted by Gasteiger charge is 2.11. The molecule has 0 atom stereocenters. The largest absolute Gasteiger partial charge is 0.482 e. The topological polar surface area (TPSA) is 59.3 Å². The van der Waals surface area contributed by atoms with Crippen molar-refractivity contribution in [3.63, 3.8) is 0 Å². The van der Waals surface area contributed by atoms with Crippen LogP contribution in [0.2, 0.25) is 0 Å². The lowest BCUT2D eigenvalue weighted by molar-refractivity contribution is -0.136. The zero-order valence-electron chi connectivity index (χ0n) is 13.4. The number of esters is 1. The first kappa shape index (κ1) is 16.3. The molecule has 4 heteroatoms. The molecule has 3 aromatic rings. The molecule has 0 saturated heterocycles. The number of carbonyl (C=O) groups is 1. The average Bonchev–Trinajstić information content (AvgIpc) is 2.68. The van der Waals surface area contributed by atoms with Crippen LogP contribution in [-0.2, 0) is 4.79 Å². The van der Waals surface area contributed by atoms with Gasteiger partial charge in [0.2, 0.25) is 0 Å². The molecule has 0 bridgehead atoms. The summed E-state index contributed by atoms with van der Waals surface area (Å²) < 4.78 is 10.9. The van der Waals surface area contributed by atoms with E-state index in [0.29, 0.717) is 17.1 Å². The number of para-hydroxylation sites is 1. The van der Waals surface area contributed by atoms with Gasteiger partial charge in [-0.15, -0.1) is 0 Å². The first-order chi connectivity index (χ1) is 12.3. The molecule has 0 saturated carbocycles. The lowest BCUT2D eigenvalue weighted by Gasteiger charge is -2.11. The van der Waals surface area contributed by atoms with E-state index in [0.717, 1.165) is 11.1 Å². The molecule has 0 unspecified atom stereocenters. The second-order valence-corrected chi connectivity index (χ2v) is 5.26. The third-order valence-corrected chi connectivity index (χ3v) is 3.54. The molecule has 0 fully saturated rings. The van der Waals surface area contributed by atoms with Crippen LogP contribution in [0.15, 0.2) is 78.9 Å². The molecule has 25 heavy (non-hydrogen) atoms. The van der Waals surface area contributed by atoms with E-state index in [-0.39, 0.29) is 6.61 Å². The predicted octanol–water partition coefficient (Wildman–Crippen LogP) is 4.21. The van der Waals surface area contributed by atoms with E-state index in [9.17, 15) is 4.79 Å². The van der Waals surface area contributed by atoms with Crippen molar-refractivity contribution in [2.45, 2.75) is 0 Å². The third kappa shape index (κ3) is 4.24. The first-order valence-corrected chi connectivity index (χ1v) is 7.74. The van der Waals surface area contributed by atoms with Crippen LogP contribution in [-0.4, -0.2) is 12.6 Å². The fourth-order valence-corrected chi connectivity index (χ4v) is 2.33. The van der Waals surface area contributed by atoms with Crippen molar-refractivity contribution in [1.82, 2.24) is 0 Å². The van der Waals surface area contributed by atoms with Gasteiger partial charge in [-0.1, -0.05) is 48.5 Å². The Kier molecular flexibility index (Phi) is 5.08. The minimum absolute atomic E-state index is 0.213. The van der Waals surface area contributed by atoms with Crippen LogP contribution in [0.5, 0.6) is 11.5 Å². The number of ether oxygens (including phenoxy) is 2. The summed E-state index contributed by atoms with van der Waals surface area (Å²) in [6, 6.07) is 25.7. The maximum absolute atomic E-state index is 12.1. The van der Waals surface area contributed by atoms with Crippen LogP contribution >= 0.6 is 0 Å². The van der Waals surface area contributed by atoms with Gasteiger partial charge in [0, 0.05) is 5.56 Å². The molecule has 122 valence electrons. The fourth-order valence-electron chi connectivity index (χ4n) is 2.33. The van der Waals surface area contributed by atoms with Gasteiger partial charge >= 0.3 is 5.97 Å². The molecule has 3 rings (SSSR count). The van der Waals surface area contributed by atoms with Crippen LogP contribution in [0, 0.1) is 11.3 Å². The van der Waals surface area contributed by atoms with Crippen LogP contribution in [0.1, 0.15) is 5.56 Å². The van der Waals surface area contributed by atoms with Crippen molar-refractivity contribution in [1.29, 1.82) is 5.26 Å². The number of carbonyl (C=O) groups excluding carboxylic acids is 1. The van der Waals surface area contributed by atoms with E-state index in [2.05, 4.69) is 0 Å². The molecule has 0 N–H and O–H groups in total. The summed E-state index contributed by atoms with van der Waals surface area (Å²) in [4.78, 5) is 12.1. The van der Waals surface area contributed by atoms with Gasteiger partial charge in [-0.25, -0.2) is 4.79 Å². The lowest BCUT2D eigenvalue weighted by Crippen LogP contribution is -2.18. The number of nitriles is 1. The fraction of sp³-hybridized carbons (Fsp3) is 0.0476. The molecular weight excluding hydrogens is 314 g/mol. The summed E-state index contributed by atoms with van der Waals surface area (Å²) in [7, 11) is 0. The van der Waals surface area contributed by atoms with Crippen LogP contribution in [0.3, 0.4) is 0 Å². The van der Waals surface area contributed by atoms with Crippen molar-refractivity contribution >= 4 is 5.97 Å². The Morgan fingerprint density at radius 1 is 0.880 bits per heavy atom. The normalized spacial score (nSPS) is 9.88. The average molecular weight is 329 g/mol. The first-order valence-electron chi connectivity index (χ1n) is 7.74. The summed E-state index contributed by atoms with van der Waals surface area (Å²) in [5.74, 6) is 0.502. The molecule has 0 aliphatic heterocycles. The standard InChI is InChI=1S/C21H15NO3/c22-14-16-10-12-18(13-11-16)24-15-21(23)25-20-9-5-4-8-19(20)17-6-2-1-3-7-17/h1-13H,15H2. The minimum Gasteiger partial charge on any atom is -0.482 e. The smallest absolute Gasteiger partial charge is 0.349 e. The number of rotatable bonds is 5. The van der Waals surface area contributed by atoms with E-state index in [4.69, 9.17) is 14.7 Å². The van der Waals surface area contributed by atoms with Gasteiger partial charge in [0.1, 0.15) is 11.5 Å².